The van der Waals surface area contributed by atoms with Gasteiger partial charge in [-0.05, 0) is 23.2 Å². The van der Waals surface area contributed by atoms with Gasteiger partial charge in [-0.3, -0.25) is 14.4 Å². The van der Waals surface area contributed by atoms with Crippen LogP contribution < -0.4 is 0 Å². The Morgan fingerprint density at radius 1 is 1.27 bits per heavy atom. The number of carbonyl (C=O) groups is 3. The smallest absolute Gasteiger partial charge is 0.303 e. The summed E-state index contributed by atoms with van der Waals surface area (Å²) in [6.45, 7) is 1.14. The van der Waals surface area contributed by atoms with Crippen molar-refractivity contribution in [3.05, 3.63) is 0 Å². The zero-order chi connectivity index (χ0) is 12.0. The maximum atomic E-state index is 10.9. The molecule has 0 rings (SSSR count). The van der Waals surface area contributed by atoms with E-state index < -0.39 is 28.7 Å². The molecule has 0 aromatic heterocycles. The zero-order valence-corrected chi connectivity index (χ0v) is 9.67. The fourth-order valence-electron chi connectivity index (χ4n) is 0.972. The Kier molecular flexibility index (Phi) is 6.47. The lowest BCUT2D eigenvalue weighted by atomic mass is 10.1. The molecule has 0 aliphatic heterocycles. The monoisotopic (exact) mass is 256 g/mol. The summed E-state index contributed by atoms with van der Waals surface area (Å²) in [6, 6.07) is 0. The highest BCUT2D eigenvalue weighted by Crippen LogP contribution is 2.13. The summed E-state index contributed by atoms with van der Waals surface area (Å²) in [5.74, 6) is -0.655. The van der Waals surface area contributed by atoms with Crippen LogP contribution in [-0.2, 0) is 23.9 Å². The van der Waals surface area contributed by atoms with Crippen molar-refractivity contribution in [3.63, 3.8) is 0 Å². The topological polar surface area (TPSA) is 69.7 Å². The van der Waals surface area contributed by atoms with Crippen molar-refractivity contribution in [2.24, 2.45) is 0 Å². The van der Waals surface area contributed by atoms with E-state index in [1.54, 1.807) is 0 Å². The van der Waals surface area contributed by atoms with Gasteiger partial charge >= 0.3 is 5.97 Å². The summed E-state index contributed by atoms with van der Waals surface area (Å²) in [7, 11) is 1.21. The highest BCUT2D eigenvalue weighted by Gasteiger charge is 2.31. The lowest BCUT2D eigenvalue weighted by molar-refractivity contribution is -0.156. The fraction of sp³-hybridized carbons (Fsp3) is 0.625. The molecule has 15 heavy (non-hydrogen) atoms. The highest BCUT2D eigenvalue weighted by atomic mass is 35.5. The molecule has 0 aliphatic carbocycles. The lowest BCUT2D eigenvalue weighted by Crippen LogP contribution is -2.37. The van der Waals surface area contributed by atoms with Crippen LogP contribution in [0.4, 0.5) is 0 Å². The summed E-state index contributed by atoms with van der Waals surface area (Å²) in [5, 5.41) is -1.61. The lowest BCUT2D eigenvalue weighted by Gasteiger charge is -2.21. The van der Waals surface area contributed by atoms with E-state index in [1.165, 1.54) is 7.11 Å². The summed E-state index contributed by atoms with van der Waals surface area (Å²) < 4.78 is 9.41. The average Bonchev–Trinajstić information content (AvgIpc) is 2.01. The number of hydrogen-bond donors (Lipinski definition) is 0. The predicted molar refractivity (Wildman–Crippen MR) is 52.7 cm³/mol. The molecule has 0 radical (unpaired) electrons. The quantitative estimate of drug-likeness (QED) is 0.521. The van der Waals surface area contributed by atoms with E-state index in [0.717, 1.165) is 6.92 Å². The molecule has 0 amide bonds. The molecule has 0 saturated carbocycles. The van der Waals surface area contributed by atoms with Gasteiger partial charge < -0.3 is 9.47 Å². The number of rotatable bonds is 6. The fourth-order valence-corrected chi connectivity index (χ4v) is 1.35. The Hall–Kier alpha value is -0.650. The van der Waals surface area contributed by atoms with Crippen molar-refractivity contribution in [1.82, 2.24) is 0 Å². The van der Waals surface area contributed by atoms with Crippen LogP contribution in [0.15, 0.2) is 0 Å². The normalized spacial score (nSPS) is 14.1. The average molecular weight is 257 g/mol. The molecule has 0 N–H and O–H groups in total. The van der Waals surface area contributed by atoms with Crippen molar-refractivity contribution in [3.8, 4) is 0 Å². The minimum absolute atomic E-state index is 0.335. The standard InChI is InChI=1S/C8H10Cl2O5/c1-4(11)15-5(3-6(9)12)7(14-2)8(10)13/h5,7H,3H2,1-2H3/t5-,7?/m1/s1. The van der Waals surface area contributed by atoms with E-state index in [-0.39, 0.29) is 6.42 Å². The van der Waals surface area contributed by atoms with Gasteiger partial charge in [-0.25, -0.2) is 0 Å². The largest absolute Gasteiger partial charge is 0.459 e. The Labute approximate surface area is 96.6 Å². The van der Waals surface area contributed by atoms with Crippen LogP contribution in [0.25, 0.3) is 0 Å². The number of esters is 1. The van der Waals surface area contributed by atoms with Crippen molar-refractivity contribution in [2.75, 3.05) is 7.11 Å². The summed E-state index contributed by atoms with van der Waals surface area (Å²) in [4.78, 5) is 32.2. The Morgan fingerprint density at radius 3 is 2.07 bits per heavy atom. The molecule has 0 aliphatic rings. The van der Waals surface area contributed by atoms with E-state index in [2.05, 4.69) is 0 Å². The van der Waals surface area contributed by atoms with Crippen LogP contribution in [0.5, 0.6) is 0 Å². The number of halogens is 2. The Bertz CT molecular complexity index is 250. The molecule has 0 heterocycles. The van der Waals surface area contributed by atoms with Crippen molar-refractivity contribution >= 4 is 39.7 Å². The number of hydrogen-bond acceptors (Lipinski definition) is 5. The predicted octanol–water partition coefficient (Wildman–Crippen LogP) is 0.854. The van der Waals surface area contributed by atoms with Crippen LogP contribution in [0.3, 0.4) is 0 Å². The Balaban J connectivity index is 4.64. The van der Waals surface area contributed by atoms with Crippen molar-refractivity contribution < 1.29 is 23.9 Å². The van der Waals surface area contributed by atoms with Gasteiger partial charge in [0.25, 0.3) is 5.24 Å². The number of ether oxygens (including phenoxy) is 2. The van der Waals surface area contributed by atoms with Gasteiger partial charge in [-0.1, -0.05) is 0 Å². The van der Waals surface area contributed by atoms with E-state index >= 15 is 0 Å². The molecular formula is C8H10Cl2O5. The molecule has 0 fully saturated rings. The molecule has 1 unspecified atom stereocenters. The van der Waals surface area contributed by atoms with Crippen molar-refractivity contribution in [1.29, 1.82) is 0 Å². The minimum Gasteiger partial charge on any atom is -0.459 e. The van der Waals surface area contributed by atoms with Gasteiger partial charge in [0.15, 0.2) is 6.10 Å². The molecule has 2 atom stereocenters. The molecule has 5 nitrogen and oxygen atoms in total. The summed E-state index contributed by atoms with van der Waals surface area (Å²) in [6.07, 6.45) is -2.63. The van der Waals surface area contributed by atoms with Gasteiger partial charge in [-0.15, -0.1) is 0 Å². The first-order valence-corrected chi connectivity index (χ1v) is 4.71. The maximum Gasteiger partial charge on any atom is 0.303 e. The zero-order valence-electron chi connectivity index (χ0n) is 8.16. The summed E-state index contributed by atoms with van der Waals surface area (Å²) >= 11 is 10.3. The van der Waals surface area contributed by atoms with Gasteiger partial charge in [0, 0.05) is 14.0 Å². The molecule has 0 aromatic rings. The molecule has 7 heteroatoms. The van der Waals surface area contributed by atoms with Crippen LogP contribution in [0.2, 0.25) is 0 Å². The van der Waals surface area contributed by atoms with Crippen LogP contribution in [0, 0.1) is 0 Å². The third-order valence-electron chi connectivity index (χ3n) is 1.49. The minimum atomic E-state index is -1.20. The third kappa shape index (κ3) is 5.71. The second-order valence-corrected chi connectivity index (χ2v) is 3.46. The molecular weight excluding hydrogens is 247 g/mol. The highest BCUT2D eigenvalue weighted by molar-refractivity contribution is 6.65. The molecule has 0 aromatic carbocycles. The first-order valence-electron chi connectivity index (χ1n) is 3.96. The number of carbonyl (C=O) groups excluding carboxylic acids is 3. The van der Waals surface area contributed by atoms with E-state index in [9.17, 15) is 14.4 Å². The van der Waals surface area contributed by atoms with Gasteiger partial charge in [0.05, 0.1) is 6.42 Å². The third-order valence-corrected chi connectivity index (χ3v) is 1.86. The van der Waals surface area contributed by atoms with E-state index in [1.807, 2.05) is 0 Å². The van der Waals surface area contributed by atoms with Crippen LogP contribution in [-0.4, -0.2) is 35.8 Å². The van der Waals surface area contributed by atoms with E-state index in [0.29, 0.717) is 0 Å². The van der Waals surface area contributed by atoms with Crippen LogP contribution in [0.1, 0.15) is 13.3 Å². The molecule has 0 spiro atoms. The molecule has 0 saturated heterocycles. The van der Waals surface area contributed by atoms with Crippen molar-refractivity contribution in [2.45, 2.75) is 25.6 Å². The SMILES string of the molecule is COC(C(=O)Cl)[C@@H](CC(=O)Cl)OC(C)=O. The maximum absolute atomic E-state index is 10.9. The number of methoxy groups -OCH3 is 1. The van der Waals surface area contributed by atoms with Gasteiger partial charge in [0.2, 0.25) is 5.24 Å². The van der Waals surface area contributed by atoms with Gasteiger partial charge in [0.1, 0.15) is 6.10 Å². The van der Waals surface area contributed by atoms with E-state index in [4.69, 9.17) is 32.7 Å². The molecule has 86 valence electrons. The molecule has 0 bridgehead atoms. The first-order chi connectivity index (χ1) is 6.88. The Morgan fingerprint density at radius 2 is 1.80 bits per heavy atom. The second-order valence-electron chi connectivity index (χ2n) is 2.67. The summed E-state index contributed by atoms with van der Waals surface area (Å²) in [5.41, 5.74) is 0. The van der Waals surface area contributed by atoms with Gasteiger partial charge in [-0.2, -0.15) is 0 Å². The first kappa shape index (κ1) is 14.3. The van der Waals surface area contributed by atoms with Crippen LogP contribution >= 0.6 is 23.2 Å². The second kappa shape index (κ2) is 6.76.